The maximum Gasteiger partial charge on any atom is 0.123 e. The number of hydrogen-bond donors (Lipinski definition) is 1. The molecule has 0 bridgehead atoms. The van der Waals surface area contributed by atoms with Gasteiger partial charge in [-0.2, -0.15) is 0 Å². The summed E-state index contributed by atoms with van der Waals surface area (Å²) in [4.78, 5) is 2.53. The van der Waals surface area contributed by atoms with Gasteiger partial charge in [0, 0.05) is 12.6 Å². The predicted octanol–water partition coefficient (Wildman–Crippen LogP) is 2.65. The Morgan fingerprint density at radius 2 is 2.29 bits per heavy atom. The molecule has 1 N–H and O–H groups in total. The molecule has 3 unspecified atom stereocenters. The van der Waals surface area contributed by atoms with E-state index in [2.05, 4.69) is 23.2 Å². The molecule has 2 fully saturated rings. The minimum atomic E-state index is -0.164. The van der Waals surface area contributed by atoms with Crippen molar-refractivity contribution in [3.05, 3.63) is 35.1 Å². The molecule has 1 aromatic carbocycles. The Bertz CT molecular complexity index is 473. The fourth-order valence-electron chi connectivity index (χ4n) is 3.67. The third kappa shape index (κ3) is 3.28. The minimum absolute atomic E-state index is 0.0611. The van der Waals surface area contributed by atoms with Crippen LogP contribution >= 0.6 is 0 Å². The lowest BCUT2D eigenvalue weighted by molar-refractivity contribution is -0.0651. The summed E-state index contributed by atoms with van der Waals surface area (Å²) in [5, 5.41) is 3.48. The van der Waals surface area contributed by atoms with E-state index in [0.29, 0.717) is 6.04 Å². The fraction of sp³-hybridized carbons (Fsp3) is 0.647. The molecule has 0 spiro atoms. The highest BCUT2D eigenvalue weighted by Crippen LogP contribution is 2.29. The van der Waals surface area contributed by atoms with Crippen molar-refractivity contribution in [2.24, 2.45) is 0 Å². The van der Waals surface area contributed by atoms with E-state index in [4.69, 9.17) is 4.74 Å². The molecule has 4 heteroatoms. The molecule has 1 aromatic rings. The monoisotopic (exact) mass is 292 g/mol. The van der Waals surface area contributed by atoms with E-state index in [0.717, 1.165) is 30.8 Å². The SMILES string of the molecule is CCNC(c1cc(C)cc(F)c1)C1CN2CCCC2CO1. The number of aryl methyl sites for hydroxylation is 1. The van der Waals surface area contributed by atoms with Gasteiger partial charge < -0.3 is 10.1 Å². The van der Waals surface area contributed by atoms with E-state index >= 15 is 0 Å². The molecule has 0 saturated carbocycles. The summed E-state index contributed by atoms with van der Waals surface area (Å²) in [6, 6.07) is 5.93. The fourth-order valence-corrected chi connectivity index (χ4v) is 3.67. The van der Waals surface area contributed by atoms with Gasteiger partial charge >= 0.3 is 0 Å². The van der Waals surface area contributed by atoms with Crippen molar-refractivity contribution in [1.29, 1.82) is 0 Å². The van der Waals surface area contributed by atoms with Crippen LogP contribution in [-0.2, 0) is 4.74 Å². The van der Waals surface area contributed by atoms with Crippen LogP contribution < -0.4 is 5.32 Å². The summed E-state index contributed by atoms with van der Waals surface area (Å²) in [6.45, 7) is 7.79. The number of likely N-dealkylation sites (N-methyl/N-ethyl adjacent to an activating group) is 1. The smallest absolute Gasteiger partial charge is 0.123 e. The first-order chi connectivity index (χ1) is 10.2. The van der Waals surface area contributed by atoms with Crippen molar-refractivity contribution >= 4 is 0 Å². The number of nitrogens with zero attached hydrogens (tertiary/aromatic N) is 1. The van der Waals surface area contributed by atoms with E-state index < -0.39 is 0 Å². The van der Waals surface area contributed by atoms with Crippen molar-refractivity contribution in [1.82, 2.24) is 10.2 Å². The highest BCUT2D eigenvalue weighted by molar-refractivity contribution is 5.27. The van der Waals surface area contributed by atoms with E-state index in [1.807, 2.05) is 6.92 Å². The maximum atomic E-state index is 13.7. The molecular weight excluding hydrogens is 267 g/mol. The number of halogens is 1. The molecule has 2 heterocycles. The predicted molar refractivity (Wildman–Crippen MR) is 81.9 cm³/mol. The zero-order chi connectivity index (χ0) is 14.8. The lowest BCUT2D eigenvalue weighted by atomic mass is 9.97. The Hall–Kier alpha value is -0.970. The second kappa shape index (κ2) is 6.42. The maximum absolute atomic E-state index is 13.7. The molecule has 2 saturated heterocycles. The van der Waals surface area contributed by atoms with Gasteiger partial charge in [0.1, 0.15) is 5.82 Å². The highest BCUT2D eigenvalue weighted by atomic mass is 19.1. The molecule has 3 rings (SSSR count). The van der Waals surface area contributed by atoms with Gasteiger partial charge in [-0.3, -0.25) is 4.90 Å². The minimum Gasteiger partial charge on any atom is -0.373 e. The summed E-state index contributed by atoms with van der Waals surface area (Å²) in [5.41, 5.74) is 1.96. The third-order valence-corrected chi connectivity index (χ3v) is 4.64. The van der Waals surface area contributed by atoms with Gasteiger partial charge in [-0.25, -0.2) is 4.39 Å². The summed E-state index contributed by atoms with van der Waals surface area (Å²) in [5.74, 6) is -0.164. The van der Waals surface area contributed by atoms with Gasteiger partial charge in [0.05, 0.1) is 18.8 Å². The zero-order valence-corrected chi connectivity index (χ0v) is 12.9. The molecule has 0 amide bonds. The van der Waals surface area contributed by atoms with Crippen LogP contribution in [0.5, 0.6) is 0 Å². The normalized spacial score (nSPS) is 27.6. The number of benzene rings is 1. The largest absolute Gasteiger partial charge is 0.373 e. The standard InChI is InChI=1S/C17H25FN2O/c1-3-19-17(13-7-12(2)8-14(18)9-13)16-10-20-6-4-5-15(20)11-21-16/h7-9,15-17,19H,3-6,10-11H2,1-2H3. The number of hydrogen-bond acceptors (Lipinski definition) is 3. The van der Waals surface area contributed by atoms with Crippen molar-refractivity contribution in [3.8, 4) is 0 Å². The second-order valence-corrected chi connectivity index (χ2v) is 6.26. The Kier molecular flexibility index (Phi) is 4.57. The average molecular weight is 292 g/mol. The average Bonchev–Trinajstić information content (AvgIpc) is 2.91. The first-order valence-corrected chi connectivity index (χ1v) is 8.03. The van der Waals surface area contributed by atoms with Crippen molar-refractivity contribution in [2.75, 3.05) is 26.2 Å². The molecule has 0 aliphatic carbocycles. The number of morpholine rings is 1. The van der Waals surface area contributed by atoms with Gasteiger partial charge in [-0.1, -0.05) is 13.0 Å². The van der Waals surface area contributed by atoms with Crippen LogP contribution in [0, 0.1) is 12.7 Å². The van der Waals surface area contributed by atoms with E-state index in [1.165, 1.54) is 19.4 Å². The highest BCUT2D eigenvalue weighted by Gasteiger charge is 2.36. The molecule has 0 radical (unpaired) electrons. The Morgan fingerprint density at radius 3 is 3.05 bits per heavy atom. The van der Waals surface area contributed by atoms with Crippen molar-refractivity contribution in [2.45, 2.75) is 44.9 Å². The van der Waals surface area contributed by atoms with E-state index in [9.17, 15) is 4.39 Å². The van der Waals surface area contributed by atoms with Gasteiger partial charge in [0.15, 0.2) is 0 Å². The molecule has 2 aliphatic heterocycles. The summed E-state index contributed by atoms with van der Waals surface area (Å²) in [6.07, 6.45) is 2.61. The van der Waals surface area contributed by atoms with Gasteiger partial charge in [0.2, 0.25) is 0 Å². The molecule has 116 valence electrons. The first kappa shape index (κ1) is 14.9. The third-order valence-electron chi connectivity index (χ3n) is 4.64. The lowest BCUT2D eigenvalue weighted by Crippen LogP contribution is -2.50. The Labute approximate surface area is 126 Å². The van der Waals surface area contributed by atoms with Crippen LogP contribution in [0.2, 0.25) is 0 Å². The van der Waals surface area contributed by atoms with Crippen LogP contribution in [-0.4, -0.2) is 43.3 Å². The van der Waals surface area contributed by atoms with E-state index in [-0.39, 0.29) is 18.0 Å². The van der Waals surface area contributed by atoms with Gasteiger partial charge in [0.25, 0.3) is 0 Å². The van der Waals surface area contributed by atoms with Crippen molar-refractivity contribution < 1.29 is 9.13 Å². The lowest BCUT2D eigenvalue weighted by Gasteiger charge is -2.39. The summed E-state index contributed by atoms with van der Waals surface area (Å²) >= 11 is 0. The van der Waals surface area contributed by atoms with Gasteiger partial charge in [-0.05, 0) is 56.1 Å². The van der Waals surface area contributed by atoms with Crippen LogP contribution in [0.25, 0.3) is 0 Å². The number of fused-ring (bicyclic) bond motifs is 1. The quantitative estimate of drug-likeness (QED) is 0.923. The van der Waals surface area contributed by atoms with Crippen LogP contribution in [0.4, 0.5) is 4.39 Å². The van der Waals surface area contributed by atoms with Crippen molar-refractivity contribution in [3.63, 3.8) is 0 Å². The zero-order valence-electron chi connectivity index (χ0n) is 12.9. The first-order valence-electron chi connectivity index (χ1n) is 8.03. The van der Waals surface area contributed by atoms with E-state index in [1.54, 1.807) is 12.1 Å². The topological polar surface area (TPSA) is 24.5 Å². The molecule has 21 heavy (non-hydrogen) atoms. The molecule has 0 aromatic heterocycles. The van der Waals surface area contributed by atoms with Crippen LogP contribution in [0.15, 0.2) is 18.2 Å². The van der Waals surface area contributed by atoms with Crippen LogP contribution in [0.3, 0.4) is 0 Å². The number of nitrogens with one attached hydrogen (secondary N) is 1. The molecule has 2 aliphatic rings. The second-order valence-electron chi connectivity index (χ2n) is 6.26. The molecular formula is C17H25FN2O. The number of ether oxygens (including phenoxy) is 1. The molecule has 3 nitrogen and oxygen atoms in total. The Morgan fingerprint density at radius 1 is 1.43 bits per heavy atom. The van der Waals surface area contributed by atoms with Gasteiger partial charge in [-0.15, -0.1) is 0 Å². The molecule has 3 atom stereocenters. The number of rotatable bonds is 4. The van der Waals surface area contributed by atoms with Crippen LogP contribution in [0.1, 0.15) is 36.9 Å². The Balaban J connectivity index is 1.80. The summed E-state index contributed by atoms with van der Waals surface area (Å²) < 4.78 is 19.8. The summed E-state index contributed by atoms with van der Waals surface area (Å²) in [7, 11) is 0.